The average Bonchev–Trinajstić information content (AvgIpc) is 3.12. The molecule has 4 rings (SSSR count). The maximum Gasteiger partial charge on any atom is 0.227 e. The van der Waals surface area contributed by atoms with Crippen LogP contribution in [0.3, 0.4) is 0 Å². The van der Waals surface area contributed by atoms with Gasteiger partial charge in [0.15, 0.2) is 0 Å². The quantitative estimate of drug-likeness (QED) is 0.724. The number of amides is 1. The van der Waals surface area contributed by atoms with Gasteiger partial charge in [0.05, 0.1) is 20.1 Å². The Morgan fingerprint density at radius 3 is 2.73 bits per heavy atom. The number of benzene rings is 2. The second kappa shape index (κ2) is 7.04. The third-order valence-electron chi connectivity index (χ3n) is 4.76. The SMILES string of the molecule is COc1ccccc1CC(=O)N1CCc2onc(-c3ccccc3)c2C1. The highest BCUT2D eigenvalue weighted by molar-refractivity contribution is 5.80. The molecule has 0 unspecified atom stereocenters. The zero-order valence-corrected chi connectivity index (χ0v) is 14.6. The normalized spacial score (nSPS) is 13.3. The topological polar surface area (TPSA) is 55.6 Å². The third kappa shape index (κ3) is 3.08. The zero-order chi connectivity index (χ0) is 17.9. The second-order valence-electron chi connectivity index (χ2n) is 6.35. The lowest BCUT2D eigenvalue weighted by Gasteiger charge is -2.26. The van der Waals surface area contributed by atoms with E-state index in [0.717, 1.165) is 33.9 Å². The Hall–Kier alpha value is -3.08. The van der Waals surface area contributed by atoms with Crippen molar-refractivity contribution in [1.29, 1.82) is 0 Å². The van der Waals surface area contributed by atoms with Crippen LogP contribution in [0.25, 0.3) is 11.3 Å². The molecular formula is C21H20N2O3. The van der Waals surface area contributed by atoms with Crippen molar-refractivity contribution in [3.8, 4) is 17.0 Å². The van der Waals surface area contributed by atoms with Crippen LogP contribution in [0.1, 0.15) is 16.9 Å². The van der Waals surface area contributed by atoms with Crippen molar-refractivity contribution in [3.63, 3.8) is 0 Å². The number of para-hydroxylation sites is 1. The van der Waals surface area contributed by atoms with E-state index < -0.39 is 0 Å². The molecule has 132 valence electrons. The van der Waals surface area contributed by atoms with Gasteiger partial charge in [0.1, 0.15) is 17.2 Å². The van der Waals surface area contributed by atoms with Gasteiger partial charge in [0, 0.05) is 29.7 Å². The van der Waals surface area contributed by atoms with Gasteiger partial charge in [-0.1, -0.05) is 53.7 Å². The molecule has 0 spiro atoms. The highest BCUT2D eigenvalue weighted by Crippen LogP contribution is 2.30. The summed E-state index contributed by atoms with van der Waals surface area (Å²) < 4.78 is 10.9. The van der Waals surface area contributed by atoms with Crippen LogP contribution in [0.4, 0.5) is 0 Å². The number of hydrogen-bond donors (Lipinski definition) is 0. The Labute approximate surface area is 152 Å². The largest absolute Gasteiger partial charge is 0.496 e. The molecule has 0 saturated heterocycles. The van der Waals surface area contributed by atoms with Crippen molar-refractivity contribution in [2.24, 2.45) is 0 Å². The van der Waals surface area contributed by atoms with Crippen LogP contribution in [-0.4, -0.2) is 29.6 Å². The van der Waals surface area contributed by atoms with Gasteiger partial charge in [-0.25, -0.2) is 0 Å². The van der Waals surface area contributed by atoms with Crippen molar-refractivity contribution < 1.29 is 14.1 Å². The molecule has 0 atom stereocenters. The molecule has 5 nitrogen and oxygen atoms in total. The molecule has 26 heavy (non-hydrogen) atoms. The van der Waals surface area contributed by atoms with Gasteiger partial charge >= 0.3 is 0 Å². The summed E-state index contributed by atoms with van der Waals surface area (Å²) in [6.07, 6.45) is 1.01. The number of hydrogen-bond acceptors (Lipinski definition) is 4. The van der Waals surface area contributed by atoms with Crippen LogP contribution in [0.15, 0.2) is 59.1 Å². The first kappa shape index (κ1) is 16.4. The highest BCUT2D eigenvalue weighted by Gasteiger charge is 2.27. The summed E-state index contributed by atoms with van der Waals surface area (Å²) in [4.78, 5) is 14.7. The fraction of sp³-hybridized carbons (Fsp3) is 0.238. The first-order valence-corrected chi connectivity index (χ1v) is 8.69. The van der Waals surface area contributed by atoms with Crippen molar-refractivity contribution in [1.82, 2.24) is 10.1 Å². The summed E-state index contributed by atoms with van der Waals surface area (Å²) in [7, 11) is 1.62. The average molecular weight is 348 g/mol. The molecule has 2 aromatic carbocycles. The molecule has 1 aliphatic rings. The molecule has 0 bridgehead atoms. The van der Waals surface area contributed by atoms with Crippen LogP contribution in [0.2, 0.25) is 0 Å². The molecular weight excluding hydrogens is 328 g/mol. The van der Waals surface area contributed by atoms with Crippen LogP contribution in [-0.2, 0) is 24.2 Å². The van der Waals surface area contributed by atoms with E-state index in [1.165, 1.54) is 0 Å². The van der Waals surface area contributed by atoms with Gasteiger partial charge in [-0.2, -0.15) is 0 Å². The minimum absolute atomic E-state index is 0.0837. The molecule has 1 aliphatic heterocycles. The van der Waals surface area contributed by atoms with Gasteiger partial charge in [0.2, 0.25) is 5.91 Å². The first-order valence-electron chi connectivity index (χ1n) is 8.69. The Kier molecular flexibility index (Phi) is 4.44. The van der Waals surface area contributed by atoms with Gasteiger partial charge in [0.25, 0.3) is 0 Å². The lowest BCUT2D eigenvalue weighted by Crippen LogP contribution is -2.36. The Morgan fingerprint density at radius 1 is 1.15 bits per heavy atom. The predicted molar refractivity (Wildman–Crippen MR) is 97.8 cm³/mol. The lowest BCUT2D eigenvalue weighted by molar-refractivity contribution is -0.131. The van der Waals surface area contributed by atoms with E-state index in [-0.39, 0.29) is 5.91 Å². The van der Waals surface area contributed by atoms with Crippen LogP contribution >= 0.6 is 0 Å². The maximum absolute atomic E-state index is 12.8. The molecule has 0 aliphatic carbocycles. The third-order valence-corrected chi connectivity index (χ3v) is 4.76. The first-order chi connectivity index (χ1) is 12.8. The fourth-order valence-corrected chi connectivity index (χ4v) is 3.37. The molecule has 0 N–H and O–H groups in total. The number of fused-ring (bicyclic) bond motifs is 1. The van der Waals surface area contributed by atoms with E-state index in [9.17, 15) is 4.79 Å². The minimum Gasteiger partial charge on any atom is -0.496 e. The Balaban J connectivity index is 1.55. The summed E-state index contributed by atoms with van der Waals surface area (Å²) >= 11 is 0. The standard InChI is InChI=1S/C21H20N2O3/c1-25-18-10-6-5-9-16(18)13-20(24)23-12-11-19-17(14-23)21(22-26-19)15-7-3-2-4-8-15/h2-10H,11-14H2,1H3. The van der Waals surface area contributed by atoms with Crippen molar-refractivity contribution in [2.75, 3.05) is 13.7 Å². The molecule has 1 amide bonds. The molecule has 5 heteroatoms. The van der Waals surface area contributed by atoms with E-state index in [1.54, 1.807) is 7.11 Å². The lowest BCUT2D eigenvalue weighted by atomic mass is 10.0. The van der Waals surface area contributed by atoms with Crippen molar-refractivity contribution in [3.05, 3.63) is 71.5 Å². The van der Waals surface area contributed by atoms with Gasteiger partial charge in [-0.15, -0.1) is 0 Å². The number of methoxy groups -OCH3 is 1. The number of carbonyl (C=O) groups is 1. The molecule has 0 fully saturated rings. The number of rotatable bonds is 4. The second-order valence-corrected chi connectivity index (χ2v) is 6.35. The van der Waals surface area contributed by atoms with E-state index in [1.807, 2.05) is 59.5 Å². The number of aromatic nitrogens is 1. The van der Waals surface area contributed by atoms with E-state index in [0.29, 0.717) is 25.9 Å². The highest BCUT2D eigenvalue weighted by atomic mass is 16.5. The predicted octanol–water partition coefficient (Wildman–Crippen LogP) is 3.48. The van der Waals surface area contributed by atoms with Crippen LogP contribution in [0, 0.1) is 0 Å². The summed E-state index contributed by atoms with van der Waals surface area (Å²) in [6, 6.07) is 17.6. The molecule has 1 aromatic heterocycles. The maximum atomic E-state index is 12.8. The van der Waals surface area contributed by atoms with Crippen molar-refractivity contribution in [2.45, 2.75) is 19.4 Å². The monoisotopic (exact) mass is 348 g/mol. The molecule has 0 radical (unpaired) electrons. The van der Waals surface area contributed by atoms with Gasteiger partial charge in [-0.05, 0) is 6.07 Å². The van der Waals surface area contributed by atoms with Gasteiger partial charge in [-0.3, -0.25) is 4.79 Å². The van der Waals surface area contributed by atoms with Crippen LogP contribution in [0.5, 0.6) is 5.75 Å². The van der Waals surface area contributed by atoms with E-state index in [2.05, 4.69) is 5.16 Å². The smallest absolute Gasteiger partial charge is 0.227 e. The molecule has 0 saturated carbocycles. The zero-order valence-electron chi connectivity index (χ0n) is 14.6. The van der Waals surface area contributed by atoms with Crippen LogP contribution < -0.4 is 4.74 Å². The summed E-state index contributed by atoms with van der Waals surface area (Å²) in [5, 5.41) is 4.24. The summed E-state index contributed by atoms with van der Waals surface area (Å²) in [6.45, 7) is 1.17. The fourth-order valence-electron chi connectivity index (χ4n) is 3.37. The summed E-state index contributed by atoms with van der Waals surface area (Å²) in [5.41, 5.74) is 3.75. The summed E-state index contributed by atoms with van der Waals surface area (Å²) in [5.74, 6) is 1.71. The number of ether oxygens (including phenoxy) is 1. The number of carbonyl (C=O) groups excluding carboxylic acids is 1. The van der Waals surface area contributed by atoms with Crippen molar-refractivity contribution >= 4 is 5.91 Å². The van der Waals surface area contributed by atoms with Gasteiger partial charge < -0.3 is 14.2 Å². The molecule has 2 heterocycles. The Bertz CT molecular complexity index is 918. The number of nitrogens with zero attached hydrogens (tertiary/aromatic N) is 2. The minimum atomic E-state index is 0.0837. The molecule has 3 aromatic rings. The van der Waals surface area contributed by atoms with E-state index in [4.69, 9.17) is 9.26 Å². The Morgan fingerprint density at radius 2 is 1.92 bits per heavy atom. The van der Waals surface area contributed by atoms with E-state index >= 15 is 0 Å².